The first-order valence-corrected chi connectivity index (χ1v) is 7.99. The maximum absolute atomic E-state index is 5.42. The number of quaternary nitrogens is 1. The van der Waals surface area contributed by atoms with Crippen molar-refractivity contribution in [3.05, 3.63) is 0 Å². The lowest BCUT2D eigenvalue weighted by Crippen LogP contribution is -2.59. The molecule has 0 saturated heterocycles. The highest BCUT2D eigenvalue weighted by Crippen LogP contribution is 2.21. The van der Waals surface area contributed by atoms with Gasteiger partial charge in [0, 0.05) is 31.6 Å². The number of likely N-dealkylation sites (N-methyl/N-ethyl adjacent to an activating group) is 1. The Balaban J connectivity index is 4.81. The second kappa shape index (κ2) is 8.21. The average Bonchev–Trinajstić information content (AvgIpc) is 2.41. The number of nitrogens with zero attached hydrogens (tertiary/aromatic N) is 1. The Labute approximate surface area is 109 Å². The average molecular weight is 264 g/mol. The fraction of sp³-hybridized carbons (Fsp3) is 1.00. The van der Waals surface area contributed by atoms with Crippen molar-refractivity contribution in [1.29, 1.82) is 0 Å². The first-order valence-electron chi connectivity index (χ1n) is 6.58. The molecule has 0 atom stereocenters. The molecule has 17 heavy (non-hydrogen) atoms. The van der Waals surface area contributed by atoms with Crippen LogP contribution in [0, 0.1) is 0 Å². The lowest BCUT2D eigenvalue weighted by atomic mass is 10.2. The van der Waals surface area contributed by atoms with E-state index < -0.39 is 5.97 Å². The highest BCUT2D eigenvalue weighted by molar-refractivity contribution is 6.08. The number of rotatable bonds is 10. The molecular formula is C12H30NO3Si+. The Hall–Kier alpha value is 0.0569. The van der Waals surface area contributed by atoms with E-state index in [0.29, 0.717) is 0 Å². The lowest BCUT2D eigenvalue weighted by Gasteiger charge is -2.42. The van der Waals surface area contributed by atoms with Crippen LogP contribution in [0.15, 0.2) is 0 Å². The minimum Gasteiger partial charge on any atom is -0.326 e. The normalized spacial score (nSPS) is 13.2. The number of ether oxygens (including phenoxy) is 3. The van der Waals surface area contributed by atoms with Gasteiger partial charge in [-0.25, -0.2) is 0 Å². The first-order chi connectivity index (χ1) is 8.07. The third kappa shape index (κ3) is 4.67. The summed E-state index contributed by atoms with van der Waals surface area (Å²) in [5.74, 6) is -0.906. The fourth-order valence-electron chi connectivity index (χ4n) is 2.19. The van der Waals surface area contributed by atoms with Crippen molar-refractivity contribution < 1.29 is 18.7 Å². The van der Waals surface area contributed by atoms with E-state index >= 15 is 0 Å². The Morgan fingerprint density at radius 3 is 1.76 bits per heavy atom. The predicted molar refractivity (Wildman–Crippen MR) is 74.2 cm³/mol. The summed E-state index contributed by atoms with van der Waals surface area (Å²) in [4.78, 5) is 0. The topological polar surface area (TPSA) is 27.7 Å². The van der Waals surface area contributed by atoms with Crippen LogP contribution in [0.2, 0.25) is 6.04 Å². The monoisotopic (exact) mass is 264 g/mol. The molecule has 0 N–H and O–H groups in total. The molecule has 0 aromatic rings. The summed E-state index contributed by atoms with van der Waals surface area (Å²) < 4.78 is 17.3. The molecule has 0 unspecified atom stereocenters. The molecule has 0 heterocycles. The molecule has 0 aromatic heterocycles. The number of hydrogen-bond acceptors (Lipinski definition) is 3. The summed E-state index contributed by atoms with van der Waals surface area (Å²) in [5.41, 5.74) is 0. The van der Waals surface area contributed by atoms with Crippen molar-refractivity contribution >= 4 is 10.2 Å². The van der Waals surface area contributed by atoms with Crippen molar-refractivity contribution in [3.8, 4) is 0 Å². The van der Waals surface area contributed by atoms with Gasteiger partial charge in [-0.3, -0.25) is 0 Å². The van der Waals surface area contributed by atoms with Crippen LogP contribution in [-0.2, 0) is 14.2 Å². The molecule has 0 radical (unpaired) electrons. The van der Waals surface area contributed by atoms with E-state index in [1.807, 2.05) is 0 Å². The predicted octanol–water partition coefficient (Wildman–Crippen LogP) is 0.610. The van der Waals surface area contributed by atoms with Crippen molar-refractivity contribution in [2.45, 2.75) is 32.3 Å². The van der Waals surface area contributed by atoms with Gasteiger partial charge in [0.25, 0.3) is 0 Å². The van der Waals surface area contributed by atoms with Gasteiger partial charge in [0.1, 0.15) is 0 Å². The number of methoxy groups -OCH3 is 3. The largest absolute Gasteiger partial charge is 0.334 e. The van der Waals surface area contributed by atoms with Crippen LogP contribution in [0.1, 0.15) is 20.3 Å². The van der Waals surface area contributed by atoms with Gasteiger partial charge < -0.3 is 18.7 Å². The van der Waals surface area contributed by atoms with E-state index in [9.17, 15) is 0 Å². The molecule has 0 aliphatic rings. The maximum atomic E-state index is 5.42. The van der Waals surface area contributed by atoms with Gasteiger partial charge in [0.2, 0.25) is 0 Å². The molecule has 0 saturated carbocycles. The van der Waals surface area contributed by atoms with Crippen molar-refractivity contribution in [3.63, 3.8) is 0 Å². The molecule has 104 valence electrons. The van der Waals surface area contributed by atoms with E-state index in [2.05, 4.69) is 13.8 Å². The Kier molecular flexibility index (Phi) is 8.24. The van der Waals surface area contributed by atoms with Crippen molar-refractivity contribution in [2.75, 3.05) is 47.5 Å². The van der Waals surface area contributed by atoms with E-state index in [1.165, 1.54) is 29.3 Å². The molecule has 0 spiro atoms. The summed E-state index contributed by atoms with van der Waals surface area (Å²) in [6, 6.07) is 1.35. The summed E-state index contributed by atoms with van der Waals surface area (Å²) in [6.45, 7) is 8.52. The zero-order valence-electron chi connectivity index (χ0n) is 12.4. The van der Waals surface area contributed by atoms with Crippen LogP contribution in [0.3, 0.4) is 0 Å². The highest BCUT2D eigenvalue weighted by Gasteiger charge is 2.40. The fourth-order valence-corrected chi connectivity index (χ4v) is 2.51. The molecular weight excluding hydrogens is 234 g/mol. The van der Waals surface area contributed by atoms with Crippen LogP contribution in [-0.4, -0.2) is 68.2 Å². The zero-order chi connectivity index (χ0) is 13.4. The Morgan fingerprint density at radius 2 is 1.47 bits per heavy atom. The van der Waals surface area contributed by atoms with Crippen LogP contribution in [0.5, 0.6) is 0 Å². The lowest BCUT2D eigenvalue weighted by molar-refractivity contribution is -0.938. The summed E-state index contributed by atoms with van der Waals surface area (Å²) in [7, 11) is 6.19. The van der Waals surface area contributed by atoms with Crippen LogP contribution in [0.4, 0.5) is 0 Å². The molecule has 4 nitrogen and oxygen atoms in total. The van der Waals surface area contributed by atoms with E-state index in [1.54, 1.807) is 21.3 Å². The van der Waals surface area contributed by atoms with Crippen LogP contribution < -0.4 is 0 Å². The minimum atomic E-state index is -0.906. The van der Waals surface area contributed by atoms with E-state index in [0.717, 1.165) is 24.1 Å². The standard InChI is InChI=1S/C12H30NO3Si/c1-6-13(7-2,9-8-10-17)11-12(14-3,15-4)16-5/h6-11H2,1-5,17H3/q+1. The van der Waals surface area contributed by atoms with Crippen molar-refractivity contribution in [1.82, 2.24) is 0 Å². The summed E-state index contributed by atoms with van der Waals surface area (Å²) in [5, 5.41) is 0. The van der Waals surface area contributed by atoms with Gasteiger partial charge >= 0.3 is 5.97 Å². The molecule has 0 rings (SSSR count). The van der Waals surface area contributed by atoms with E-state index in [4.69, 9.17) is 14.2 Å². The van der Waals surface area contributed by atoms with Gasteiger partial charge in [-0.1, -0.05) is 6.04 Å². The zero-order valence-corrected chi connectivity index (χ0v) is 14.4. The van der Waals surface area contributed by atoms with Gasteiger partial charge in [0.05, 0.1) is 19.6 Å². The minimum absolute atomic E-state index is 0.741. The second-order valence-corrected chi connectivity index (χ2v) is 5.50. The maximum Gasteiger partial charge on any atom is 0.334 e. The molecule has 0 bridgehead atoms. The van der Waals surface area contributed by atoms with Crippen molar-refractivity contribution in [2.24, 2.45) is 0 Å². The van der Waals surface area contributed by atoms with E-state index in [-0.39, 0.29) is 0 Å². The van der Waals surface area contributed by atoms with Gasteiger partial charge in [0.15, 0.2) is 6.54 Å². The third-order valence-corrected chi connectivity index (χ3v) is 4.50. The van der Waals surface area contributed by atoms with Crippen LogP contribution in [0.25, 0.3) is 0 Å². The first kappa shape index (κ1) is 17.1. The van der Waals surface area contributed by atoms with Gasteiger partial charge in [-0.2, -0.15) is 0 Å². The molecule has 0 fully saturated rings. The molecule has 0 aromatic carbocycles. The number of hydrogen-bond donors (Lipinski definition) is 0. The molecule has 0 aliphatic heterocycles. The summed E-state index contributed by atoms with van der Waals surface area (Å²) >= 11 is 0. The van der Waals surface area contributed by atoms with Gasteiger partial charge in [-0.15, -0.1) is 0 Å². The smallest absolute Gasteiger partial charge is 0.326 e. The Bertz CT molecular complexity index is 186. The highest BCUT2D eigenvalue weighted by atomic mass is 28.1. The molecule has 5 heteroatoms. The second-order valence-electron chi connectivity index (χ2n) is 4.50. The molecule has 0 amide bonds. The van der Waals surface area contributed by atoms with Gasteiger partial charge in [-0.05, 0) is 20.3 Å². The molecule has 0 aliphatic carbocycles. The Morgan fingerprint density at radius 1 is 1.00 bits per heavy atom. The third-order valence-electron chi connectivity index (χ3n) is 3.79. The van der Waals surface area contributed by atoms with Crippen LogP contribution >= 0.6 is 0 Å². The summed E-state index contributed by atoms with van der Waals surface area (Å²) in [6.07, 6.45) is 1.28. The quantitative estimate of drug-likeness (QED) is 0.329. The SMILES string of the molecule is CC[N+](CC)(CCC[SiH3])CC(OC)(OC)OC.